The first kappa shape index (κ1) is 16.3. The summed E-state index contributed by atoms with van der Waals surface area (Å²) in [6, 6.07) is 3.50. The number of anilines is 1. The molecule has 0 radical (unpaired) electrons. The molecule has 1 fully saturated rings. The molecule has 21 heavy (non-hydrogen) atoms. The van der Waals surface area contributed by atoms with Crippen molar-refractivity contribution in [2.24, 2.45) is 0 Å². The Labute approximate surface area is 127 Å². The van der Waals surface area contributed by atoms with Gasteiger partial charge < -0.3 is 10.6 Å². The highest BCUT2D eigenvalue weighted by Gasteiger charge is 2.21. The van der Waals surface area contributed by atoms with Crippen LogP contribution in [-0.4, -0.2) is 39.5 Å². The Morgan fingerprint density at radius 2 is 1.86 bits per heavy atom. The summed E-state index contributed by atoms with van der Waals surface area (Å²) in [6.45, 7) is 6.89. The van der Waals surface area contributed by atoms with Crippen molar-refractivity contribution in [1.29, 1.82) is 0 Å². The van der Waals surface area contributed by atoms with Crippen molar-refractivity contribution < 1.29 is 8.42 Å². The van der Waals surface area contributed by atoms with Crippen LogP contribution in [0.2, 0.25) is 0 Å². The number of piperidine rings is 1. The molecule has 0 spiro atoms. The van der Waals surface area contributed by atoms with Crippen LogP contribution in [0.3, 0.4) is 0 Å². The van der Waals surface area contributed by atoms with Crippen LogP contribution in [0.15, 0.2) is 17.0 Å². The number of likely N-dealkylation sites (tertiary alicyclic amines) is 1. The van der Waals surface area contributed by atoms with Crippen LogP contribution >= 0.6 is 0 Å². The summed E-state index contributed by atoms with van der Waals surface area (Å²) in [5.74, 6) is 0. The second kappa shape index (κ2) is 6.77. The van der Waals surface area contributed by atoms with Crippen LogP contribution in [0.25, 0.3) is 0 Å². The molecular formula is C15H25N3O2S. The van der Waals surface area contributed by atoms with Gasteiger partial charge >= 0.3 is 0 Å². The Morgan fingerprint density at radius 3 is 2.52 bits per heavy atom. The highest BCUT2D eigenvalue weighted by atomic mass is 32.2. The standard InChI is InChI=1S/C15H25N3O2S/c1-12-6-7-14(16)13(2)15(12)21(19,20)17-8-11-18-9-4-3-5-10-18/h6-7,17H,3-5,8-11,16H2,1-2H3. The van der Waals surface area contributed by atoms with Crippen LogP contribution in [0.5, 0.6) is 0 Å². The van der Waals surface area contributed by atoms with Crippen LogP contribution in [0.1, 0.15) is 30.4 Å². The minimum Gasteiger partial charge on any atom is -0.398 e. The van der Waals surface area contributed by atoms with Crippen molar-refractivity contribution in [2.45, 2.75) is 38.0 Å². The number of nitrogen functional groups attached to an aromatic ring is 1. The number of nitrogens with two attached hydrogens (primary N) is 1. The zero-order chi connectivity index (χ0) is 15.5. The third-order valence-corrected chi connectivity index (χ3v) is 5.83. The minimum absolute atomic E-state index is 0.321. The Bertz CT molecular complexity index is 593. The monoisotopic (exact) mass is 311 g/mol. The van der Waals surface area contributed by atoms with E-state index in [-0.39, 0.29) is 0 Å². The molecule has 3 N–H and O–H groups in total. The van der Waals surface area contributed by atoms with Gasteiger partial charge in [0.1, 0.15) is 0 Å². The maximum absolute atomic E-state index is 12.5. The molecule has 1 heterocycles. The summed E-state index contributed by atoms with van der Waals surface area (Å²) >= 11 is 0. The molecule has 2 rings (SSSR count). The highest BCUT2D eigenvalue weighted by Crippen LogP contribution is 2.24. The van der Waals surface area contributed by atoms with Crippen molar-refractivity contribution in [3.8, 4) is 0 Å². The summed E-state index contributed by atoms with van der Waals surface area (Å²) in [5.41, 5.74) is 7.70. The molecule has 1 aliphatic rings. The number of hydrogen-bond acceptors (Lipinski definition) is 4. The average molecular weight is 311 g/mol. The van der Waals surface area contributed by atoms with Gasteiger partial charge in [0, 0.05) is 18.8 Å². The molecule has 1 saturated heterocycles. The van der Waals surface area contributed by atoms with Crippen molar-refractivity contribution in [2.75, 3.05) is 31.9 Å². The summed E-state index contributed by atoms with van der Waals surface area (Å²) in [6.07, 6.45) is 3.70. The summed E-state index contributed by atoms with van der Waals surface area (Å²) in [4.78, 5) is 2.63. The van der Waals surface area contributed by atoms with E-state index >= 15 is 0 Å². The van der Waals surface area contributed by atoms with E-state index in [1.165, 1.54) is 19.3 Å². The second-order valence-corrected chi connectivity index (χ2v) is 7.43. The van der Waals surface area contributed by atoms with Gasteiger partial charge in [-0.3, -0.25) is 0 Å². The van der Waals surface area contributed by atoms with E-state index in [0.29, 0.717) is 22.7 Å². The van der Waals surface area contributed by atoms with Gasteiger partial charge in [-0.2, -0.15) is 0 Å². The lowest BCUT2D eigenvalue weighted by Crippen LogP contribution is -2.38. The lowest BCUT2D eigenvalue weighted by molar-refractivity contribution is 0.233. The zero-order valence-electron chi connectivity index (χ0n) is 12.9. The van der Waals surface area contributed by atoms with Gasteiger partial charge in [0.2, 0.25) is 10.0 Å². The molecule has 1 aliphatic heterocycles. The molecule has 0 unspecified atom stereocenters. The first-order valence-corrected chi connectivity index (χ1v) is 8.98. The topological polar surface area (TPSA) is 75.4 Å². The smallest absolute Gasteiger partial charge is 0.241 e. The zero-order valence-corrected chi connectivity index (χ0v) is 13.7. The molecule has 0 aromatic heterocycles. The summed E-state index contributed by atoms with van der Waals surface area (Å²) in [5, 5.41) is 0. The van der Waals surface area contributed by atoms with Crippen molar-refractivity contribution in [3.63, 3.8) is 0 Å². The Balaban J connectivity index is 2.03. The van der Waals surface area contributed by atoms with Crippen molar-refractivity contribution >= 4 is 15.7 Å². The fraction of sp³-hybridized carbons (Fsp3) is 0.600. The van der Waals surface area contributed by atoms with E-state index in [4.69, 9.17) is 5.73 Å². The number of hydrogen-bond donors (Lipinski definition) is 2. The minimum atomic E-state index is -3.50. The fourth-order valence-corrected chi connectivity index (χ4v) is 4.37. The Kier molecular flexibility index (Phi) is 5.24. The first-order valence-electron chi connectivity index (χ1n) is 7.49. The van der Waals surface area contributed by atoms with Gasteiger partial charge in [-0.05, 0) is 57.0 Å². The van der Waals surface area contributed by atoms with Crippen LogP contribution in [0.4, 0.5) is 5.69 Å². The third kappa shape index (κ3) is 3.96. The molecule has 1 aromatic rings. The van der Waals surface area contributed by atoms with Gasteiger partial charge in [-0.1, -0.05) is 12.5 Å². The van der Waals surface area contributed by atoms with Crippen LogP contribution in [0, 0.1) is 13.8 Å². The quantitative estimate of drug-likeness (QED) is 0.811. The molecule has 0 saturated carbocycles. The number of nitrogens with one attached hydrogen (secondary N) is 1. The average Bonchev–Trinajstić information content (AvgIpc) is 2.44. The third-order valence-electron chi connectivity index (χ3n) is 4.08. The summed E-state index contributed by atoms with van der Waals surface area (Å²) < 4.78 is 27.7. The van der Waals surface area contributed by atoms with Gasteiger partial charge in [-0.25, -0.2) is 13.1 Å². The molecule has 0 amide bonds. The van der Waals surface area contributed by atoms with Gasteiger partial charge in [0.15, 0.2) is 0 Å². The molecule has 1 aromatic carbocycles. The Morgan fingerprint density at radius 1 is 1.19 bits per heavy atom. The number of benzene rings is 1. The van der Waals surface area contributed by atoms with E-state index in [1.807, 2.05) is 0 Å². The molecule has 0 aliphatic carbocycles. The molecule has 118 valence electrons. The van der Waals surface area contributed by atoms with Crippen LogP contribution < -0.4 is 10.5 Å². The van der Waals surface area contributed by atoms with Crippen molar-refractivity contribution in [1.82, 2.24) is 9.62 Å². The number of nitrogens with zero attached hydrogens (tertiary/aromatic N) is 1. The van der Waals surface area contributed by atoms with Crippen LogP contribution in [-0.2, 0) is 10.0 Å². The number of aryl methyl sites for hydroxylation is 1. The molecule has 5 nitrogen and oxygen atoms in total. The summed E-state index contributed by atoms with van der Waals surface area (Å²) in [7, 11) is -3.50. The van der Waals surface area contributed by atoms with E-state index < -0.39 is 10.0 Å². The van der Waals surface area contributed by atoms with E-state index in [2.05, 4.69) is 9.62 Å². The lowest BCUT2D eigenvalue weighted by atomic mass is 10.1. The predicted molar refractivity (Wildman–Crippen MR) is 85.8 cm³/mol. The van der Waals surface area contributed by atoms with Gasteiger partial charge in [0.25, 0.3) is 0 Å². The predicted octanol–water partition coefficient (Wildman–Crippen LogP) is 1.65. The fourth-order valence-electron chi connectivity index (χ4n) is 2.85. The van der Waals surface area contributed by atoms with E-state index in [1.54, 1.807) is 26.0 Å². The second-order valence-electron chi connectivity index (χ2n) is 5.73. The molecular weight excluding hydrogens is 286 g/mol. The molecule has 0 atom stereocenters. The highest BCUT2D eigenvalue weighted by molar-refractivity contribution is 7.89. The largest absolute Gasteiger partial charge is 0.398 e. The maximum Gasteiger partial charge on any atom is 0.241 e. The number of rotatable bonds is 5. The van der Waals surface area contributed by atoms with E-state index in [9.17, 15) is 8.42 Å². The lowest BCUT2D eigenvalue weighted by Gasteiger charge is -2.26. The van der Waals surface area contributed by atoms with E-state index in [0.717, 1.165) is 25.2 Å². The van der Waals surface area contributed by atoms with Crippen molar-refractivity contribution in [3.05, 3.63) is 23.3 Å². The number of sulfonamides is 1. The molecule has 6 heteroatoms. The first-order chi connectivity index (χ1) is 9.92. The SMILES string of the molecule is Cc1ccc(N)c(C)c1S(=O)(=O)NCCN1CCCCC1. The normalized spacial score (nSPS) is 17.0. The Hall–Kier alpha value is -1.11. The molecule has 0 bridgehead atoms. The maximum atomic E-state index is 12.5. The van der Waals surface area contributed by atoms with Gasteiger partial charge in [0.05, 0.1) is 4.90 Å². The van der Waals surface area contributed by atoms with Gasteiger partial charge in [-0.15, -0.1) is 0 Å².